The van der Waals surface area contributed by atoms with Crippen molar-refractivity contribution < 1.29 is 9.13 Å². The van der Waals surface area contributed by atoms with Crippen LogP contribution in [0.5, 0.6) is 5.75 Å². The summed E-state index contributed by atoms with van der Waals surface area (Å²) in [6.45, 7) is 3.87. The third kappa shape index (κ3) is 2.63. The van der Waals surface area contributed by atoms with Gasteiger partial charge in [-0.15, -0.1) is 0 Å². The molecule has 3 rings (SSSR count). The Labute approximate surface area is 121 Å². The lowest BCUT2D eigenvalue weighted by Gasteiger charge is -2.02. The van der Waals surface area contributed by atoms with Gasteiger partial charge in [0.15, 0.2) is 23.2 Å². The van der Waals surface area contributed by atoms with Gasteiger partial charge in [-0.05, 0) is 36.8 Å². The van der Waals surface area contributed by atoms with Gasteiger partial charge in [0.05, 0.1) is 7.11 Å². The zero-order valence-corrected chi connectivity index (χ0v) is 11.4. The average Bonchev–Trinajstić information content (AvgIpc) is 2.97. The van der Waals surface area contributed by atoms with Gasteiger partial charge in [-0.3, -0.25) is 5.10 Å². The van der Waals surface area contributed by atoms with Gasteiger partial charge >= 0.3 is 0 Å². The molecule has 0 aliphatic heterocycles. The first-order chi connectivity index (χ1) is 10.2. The molecule has 0 atom stereocenters. The summed E-state index contributed by atoms with van der Waals surface area (Å²) in [4.78, 5) is 4.39. The number of ether oxygens (including phenoxy) is 1. The maximum atomic E-state index is 13.7. The Hall–Kier alpha value is -2.69. The molecule has 0 spiro atoms. The van der Waals surface area contributed by atoms with E-state index in [0.29, 0.717) is 17.2 Å². The van der Waals surface area contributed by atoms with Crippen molar-refractivity contribution in [3.8, 4) is 28.5 Å². The Kier molecular flexibility index (Phi) is 3.39. The summed E-state index contributed by atoms with van der Waals surface area (Å²) in [5.74, 6) is 0.809. The van der Waals surface area contributed by atoms with E-state index in [2.05, 4.69) is 22.1 Å². The zero-order valence-electron chi connectivity index (χ0n) is 11.4. The topological polar surface area (TPSA) is 50.8 Å². The standard InChI is InChI=1S/C16H13FN3O/c1-10-4-3-5-11(8-10)15-18-16(20-19-15)12-6-7-14(21-2)13(17)9-12/h3-9H,1H2,2H3,(H,18,19,20). The molecule has 5 heteroatoms. The van der Waals surface area contributed by atoms with Crippen molar-refractivity contribution in [1.82, 2.24) is 15.2 Å². The molecule has 2 aromatic carbocycles. The number of hydrogen-bond donors (Lipinski definition) is 1. The summed E-state index contributed by atoms with van der Waals surface area (Å²) in [5, 5.41) is 6.97. The van der Waals surface area contributed by atoms with Crippen LogP contribution in [-0.4, -0.2) is 22.3 Å². The highest BCUT2D eigenvalue weighted by Gasteiger charge is 2.10. The molecule has 105 valence electrons. The van der Waals surface area contributed by atoms with E-state index in [1.807, 2.05) is 24.3 Å². The molecule has 0 aliphatic rings. The van der Waals surface area contributed by atoms with E-state index in [9.17, 15) is 4.39 Å². The van der Waals surface area contributed by atoms with Gasteiger partial charge in [-0.2, -0.15) is 5.10 Å². The van der Waals surface area contributed by atoms with E-state index in [1.54, 1.807) is 12.1 Å². The number of hydrogen-bond acceptors (Lipinski definition) is 3. The quantitative estimate of drug-likeness (QED) is 0.800. The molecule has 3 aromatic rings. The molecule has 1 radical (unpaired) electrons. The first kappa shape index (κ1) is 13.3. The van der Waals surface area contributed by atoms with Crippen LogP contribution in [0, 0.1) is 12.7 Å². The van der Waals surface area contributed by atoms with E-state index in [4.69, 9.17) is 4.74 Å². The van der Waals surface area contributed by atoms with Crippen molar-refractivity contribution in [2.45, 2.75) is 0 Å². The molecule has 0 fully saturated rings. The van der Waals surface area contributed by atoms with Crippen molar-refractivity contribution in [1.29, 1.82) is 0 Å². The molecule has 0 unspecified atom stereocenters. The summed E-state index contributed by atoms with van der Waals surface area (Å²) >= 11 is 0. The van der Waals surface area contributed by atoms with Crippen LogP contribution in [0.25, 0.3) is 22.8 Å². The SMILES string of the molecule is [CH2]c1cccc(-c2n[nH]c(-c3ccc(OC)c(F)c3)n2)c1. The predicted molar refractivity (Wildman–Crippen MR) is 78.2 cm³/mol. The Morgan fingerprint density at radius 3 is 2.71 bits per heavy atom. The second-order valence-corrected chi connectivity index (χ2v) is 4.56. The van der Waals surface area contributed by atoms with Gasteiger partial charge in [0.25, 0.3) is 0 Å². The number of benzene rings is 2. The van der Waals surface area contributed by atoms with Crippen LogP contribution in [0.2, 0.25) is 0 Å². The minimum absolute atomic E-state index is 0.197. The maximum absolute atomic E-state index is 13.7. The fourth-order valence-electron chi connectivity index (χ4n) is 2.04. The lowest BCUT2D eigenvalue weighted by atomic mass is 10.1. The van der Waals surface area contributed by atoms with Crippen LogP contribution in [0.4, 0.5) is 4.39 Å². The molecule has 1 heterocycles. The number of H-pyrrole nitrogens is 1. The highest BCUT2D eigenvalue weighted by molar-refractivity contribution is 5.62. The fourth-order valence-corrected chi connectivity index (χ4v) is 2.04. The summed E-state index contributed by atoms with van der Waals surface area (Å²) < 4.78 is 18.6. The van der Waals surface area contributed by atoms with Crippen molar-refractivity contribution in [2.75, 3.05) is 7.11 Å². The number of nitrogens with zero attached hydrogens (tertiary/aromatic N) is 2. The summed E-state index contributed by atoms with van der Waals surface area (Å²) in [5.41, 5.74) is 2.35. The number of aromatic nitrogens is 3. The van der Waals surface area contributed by atoms with Crippen LogP contribution < -0.4 is 4.74 Å². The summed E-state index contributed by atoms with van der Waals surface area (Å²) in [6.07, 6.45) is 0. The molecule has 1 N–H and O–H groups in total. The second kappa shape index (κ2) is 5.36. The van der Waals surface area contributed by atoms with Gasteiger partial charge < -0.3 is 4.74 Å². The smallest absolute Gasteiger partial charge is 0.181 e. The first-order valence-electron chi connectivity index (χ1n) is 6.36. The maximum Gasteiger partial charge on any atom is 0.181 e. The number of aromatic amines is 1. The van der Waals surface area contributed by atoms with E-state index >= 15 is 0 Å². The van der Waals surface area contributed by atoms with Gasteiger partial charge in [-0.25, -0.2) is 9.37 Å². The number of nitrogens with one attached hydrogen (secondary N) is 1. The predicted octanol–water partition coefficient (Wildman–Crippen LogP) is 3.47. The van der Waals surface area contributed by atoms with Crippen LogP contribution in [0.1, 0.15) is 5.56 Å². The van der Waals surface area contributed by atoms with Gasteiger partial charge in [0.2, 0.25) is 0 Å². The number of methoxy groups -OCH3 is 1. The monoisotopic (exact) mass is 282 g/mol. The first-order valence-corrected chi connectivity index (χ1v) is 6.36. The summed E-state index contributed by atoms with van der Waals surface area (Å²) in [6, 6.07) is 12.2. The van der Waals surface area contributed by atoms with E-state index in [0.717, 1.165) is 11.1 Å². The number of halogens is 1. The minimum atomic E-state index is -0.437. The van der Waals surface area contributed by atoms with Gasteiger partial charge in [0, 0.05) is 11.1 Å². The lowest BCUT2D eigenvalue weighted by molar-refractivity contribution is 0.386. The Morgan fingerprint density at radius 1 is 1.14 bits per heavy atom. The largest absolute Gasteiger partial charge is 0.494 e. The molecule has 0 amide bonds. The normalized spacial score (nSPS) is 10.6. The molecular weight excluding hydrogens is 269 g/mol. The highest BCUT2D eigenvalue weighted by atomic mass is 19.1. The molecule has 0 aliphatic carbocycles. The average molecular weight is 282 g/mol. The van der Waals surface area contributed by atoms with Crippen LogP contribution in [-0.2, 0) is 0 Å². The molecular formula is C16H13FN3O. The Bertz CT molecular complexity index is 783. The molecule has 21 heavy (non-hydrogen) atoms. The second-order valence-electron chi connectivity index (χ2n) is 4.56. The van der Waals surface area contributed by atoms with E-state index in [-0.39, 0.29) is 5.75 Å². The van der Waals surface area contributed by atoms with E-state index < -0.39 is 5.82 Å². The fraction of sp³-hybridized carbons (Fsp3) is 0.0625. The van der Waals surface area contributed by atoms with E-state index in [1.165, 1.54) is 13.2 Å². The Balaban J connectivity index is 1.96. The van der Waals surface area contributed by atoms with Crippen LogP contribution >= 0.6 is 0 Å². The van der Waals surface area contributed by atoms with Crippen molar-refractivity contribution in [3.05, 3.63) is 60.8 Å². The number of rotatable bonds is 3. The van der Waals surface area contributed by atoms with Crippen molar-refractivity contribution in [2.24, 2.45) is 0 Å². The molecule has 1 aromatic heterocycles. The van der Waals surface area contributed by atoms with Crippen LogP contribution in [0.15, 0.2) is 42.5 Å². The van der Waals surface area contributed by atoms with Gasteiger partial charge in [-0.1, -0.05) is 18.2 Å². The molecule has 0 saturated heterocycles. The minimum Gasteiger partial charge on any atom is -0.494 e. The van der Waals surface area contributed by atoms with Crippen molar-refractivity contribution in [3.63, 3.8) is 0 Å². The molecule has 0 saturated carbocycles. The van der Waals surface area contributed by atoms with Gasteiger partial charge in [0.1, 0.15) is 0 Å². The third-order valence-corrected chi connectivity index (χ3v) is 3.10. The zero-order chi connectivity index (χ0) is 14.8. The lowest BCUT2D eigenvalue weighted by Crippen LogP contribution is -1.89. The Morgan fingerprint density at radius 2 is 2.00 bits per heavy atom. The highest BCUT2D eigenvalue weighted by Crippen LogP contribution is 2.25. The molecule has 0 bridgehead atoms. The molecule has 4 nitrogen and oxygen atoms in total. The third-order valence-electron chi connectivity index (χ3n) is 3.10. The van der Waals surface area contributed by atoms with Crippen molar-refractivity contribution >= 4 is 0 Å². The van der Waals surface area contributed by atoms with Crippen LogP contribution in [0.3, 0.4) is 0 Å². The summed E-state index contributed by atoms with van der Waals surface area (Å²) in [7, 11) is 1.43.